The van der Waals surface area contributed by atoms with Crippen molar-refractivity contribution in [3.05, 3.63) is 74.8 Å². The lowest BCUT2D eigenvalue weighted by Gasteiger charge is -2.04. The Labute approximate surface area is 152 Å². The molecular formula is C18H15NO4S2. The molecule has 0 spiro atoms. The highest BCUT2D eigenvalue weighted by Gasteiger charge is 2.13. The normalized spacial score (nSPS) is 10.6. The van der Waals surface area contributed by atoms with E-state index >= 15 is 0 Å². The van der Waals surface area contributed by atoms with Crippen molar-refractivity contribution < 1.29 is 13.9 Å². The Bertz CT molecular complexity index is 944. The second kappa shape index (κ2) is 7.67. The summed E-state index contributed by atoms with van der Waals surface area (Å²) in [6, 6.07) is 8.26. The van der Waals surface area contributed by atoms with Crippen LogP contribution in [0.5, 0.6) is 5.75 Å². The lowest BCUT2D eigenvalue weighted by atomic mass is 10.1. The van der Waals surface area contributed by atoms with Gasteiger partial charge in [-0.1, -0.05) is 29.5 Å². The van der Waals surface area contributed by atoms with Gasteiger partial charge in [0.25, 0.3) is 0 Å². The quantitative estimate of drug-likeness (QED) is 0.492. The van der Waals surface area contributed by atoms with Crippen LogP contribution in [-0.2, 0) is 5.75 Å². The summed E-state index contributed by atoms with van der Waals surface area (Å²) in [6.45, 7) is 3.85. The predicted molar refractivity (Wildman–Crippen MR) is 97.5 cm³/mol. The lowest BCUT2D eigenvalue weighted by molar-refractivity contribution is 0.0729. The van der Waals surface area contributed by atoms with Crippen LogP contribution in [0.2, 0.25) is 0 Å². The first-order valence-electron chi connectivity index (χ1n) is 7.47. The third kappa shape index (κ3) is 4.58. The molecule has 0 aliphatic heterocycles. The molecule has 0 radical (unpaired) electrons. The van der Waals surface area contributed by atoms with E-state index in [1.54, 1.807) is 35.6 Å². The molecule has 0 saturated heterocycles. The minimum absolute atomic E-state index is 0.121. The number of aromatic nitrogens is 1. The molecule has 0 aliphatic carbocycles. The van der Waals surface area contributed by atoms with Crippen LogP contribution >= 0.6 is 23.1 Å². The summed E-state index contributed by atoms with van der Waals surface area (Å²) in [5.41, 5.74) is 1.99. The Morgan fingerprint density at radius 2 is 2.04 bits per heavy atom. The van der Waals surface area contributed by atoms with E-state index < -0.39 is 11.4 Å². The van der Waals surface area contributed by atoms with Crippen molar-refractivity contribution in [1.29, 1.82) is 0 Å². The Hall–Kier alpha value is -2.38. The van der Waals surface area contributed by atoms with E-state index in [1.165, 1.54) is 24.1 Å². The summed E-state index contributed by atoms with van der Waals surface area (Å²) in [7, 11) is 0. The molecule has 3 aromatic rings. The number of hydrogen-bond acceptors (Lipinski definition) is 7. The third-order valence-electron chi connectivity index (χ3n) is 3.28. The Morgan fingerprint density at radius 1 is 1.28 bits per heavy atom. The molecule has 0 amide bonds. The number of aryl methyl sites for hydroxylation is 2. The zero-order chi connectivity index (χ0) is 17.8. The number of nitrogens with zero attached hydrogens (tertiary/aromatic N) is 1. The fourth-order valence-electron chi connectivity index (χ4n) is 1.97. The van der Waals surface area contributed by atoms with Crippen molar-refractivity contribution in [3.8, 4) is 5.75 Å². The van der Waals surface area contributed by atoms with Crippen LogP contribution in [0.15, 0.2) is 55.5 Å². The van der Waals surface area contributed by atoms with Crippen LogP contribution in [0, 0.1) is 13.8 Å². The van der Waals surface area contributed by atoms with E-state index in [4.69, 9.17) is 9.15 Å². The molecule has 0 fully saturated rings. The van der Waals surface area contributed by atoms with Crippen LogP contribution < -0.4 is 10.2 Å². The first-order valence-corrected chi connectivity index (χ1v) is 9.33. The second-order valence-electron chi connectivity index (χ2n) is 5.37. The molecule has 3 rings (SSSR count). The van der Waals surface area contributed by atoms with Crippen LogP contribution in [0.3, 0.4) is 0 Å². The Kier molecular flexibility index (Phi) is 5.35. The lowest BCUT2D eigenvalue weighted by Crippen LogP contribution is -2.14. The maximum absolute atomic E-state index is 12.1. The topological polar surface area (TPSA) is 69.4 Å². The number of hydrogen-bond donors (Lipinski definition) is 0. The van der Waals surface area contributed by atoms with E-state index in [0.717, 1.165) is 15.6 Å². The molecule has 1 aromatic carbocycles. The summed E-state index contributed by atoms with van der Waals surface area (Å²) in [5, 5.41) is 1.96. The molecule has 2 aromatic heterocycles. The highest BCUT2D eigenvalue weighted by atomic mass is 32.2. The monoisotopic (exact) mass is 373 g/mol. The first-order chi connectivity index (χ1) is 12.0. The minimum atomic E-state index is -0.590. The molecule has 0 N–H and O–H groups in total. The van der Waals surface area contributed by atoms with Crippen LogP contribution in [0.1, 0.15) is 27.4 Å². The van der Waals surface area contributed by atoms with Gasteiger partial charge in [0.05, 0.1) is 11.3 Å². The fraction of sp³-hybridized carbons (Fsp3) is 0.167. The number of rotatable bonds is 5. The van der Waals surface area contributed by atoms with Gasteiger partial charge in [-0.05, 0) is 26.0 Å². The van der Waals surface area contributed by atoms with E-state index in [2.05, 4.69) is 4.98 Å². The van der Waals surface area contributed by atoms with E-state index in [0.29, 0.717) is 17.1 Å². The Morgan fingerprint density at radius 3 is 2.68 bits per heavy atom. The van der Waals surface area contributed by atoms with Crippen molar-refractivity contribution in [2.45, 2.75) is 23.9 Å². The number of esters is 1. The summed E-state index contributed by atoms with van der Waals surface area (Å²) >= 11 is 3.03. The molecule has 0 aliphatic rings. The van der Waals surface area contributed by atoms with E-state index in [-0.39, 0.29) is 5.75 Å². The molecule has 0 atom stereocenters. The van der Waals surface area contributed by atoms with Crippen molar-refractivity contribution in [3.63, 3.8) is 0 Å². The molecule has 7 heteroatoms. The SMILES string of the molecule is Cc1ccc(C(=O)Oc2coc(CSc3nc(C)cs3)cc2=O)cc1. The van der Waals surface area contributed by atoms with Crippen LogP contribution in [0.25, 0.3) is 0 Å². The number of thiazole rings is 1. The van der Waals surface area contributed by atoms with Gasteiger partial charge in [0.15, 0.2) is 4.34 Å². The Balaban J connectivity index is 1.66. The molecule has 0 saturated carbocycles. The molecule has 25 heavy (non-hydrogen) atoms. The fourth-order valence-corrected chi connectivity index (χ4v) is 3.71. The van der Waals surface area contributed by atoms with Crippen LogP contribution in [-0.4, -0.2) is 11.0 Å². The van der Waals surface area contributed by atoms with Gasteiger partial charge >= 0.3 is 5.97 Å². The minimum Gasteiger partial charge on any atom is -0.464 e. The number of benzene rings is 1. The maximum atomic E-state index is 12.1. The van der Waals surface area contributed by atoms with Gasteiger partial charge in [0.1, 0.15) is 12.0 Å². The third-order valence-corrected chi connectivity index (χ3v) is 5.44. The average Bonchev–Trinajstić information content (AvgIpc) is 3.01. The summed E-state index contributed by atoms with van der Waals surface area (Å²) in [5.74, 6) is 0.268. The summed E-state index contributed by atoms with van der Waals surface area (Å²) in [4.78, 5) is 28.5. The largest absolute Gasteiger partial charge is 0.464 e. The number of ether oxygens (including phenoxy) is 1. The van der Waals surface area contributed by atoms with Gasteiger partial charge in [-0.25, -0.2) is 9.78 Å². The summed E-state index contributed by atoms with van der Waals surface area (Å²) < 4.78 is 11.4. The van der Waals surface area contributed by atoms with Crippen molar-refractivity contribution in [1.82, 2.24) is 4.98 Å². The predicted octanol–water partition coefficient (Wildman–Crippen LogP) is 4.22. The zero-order valence-electron chi connectivity index (χ0n) is 13.6. The molecule has 0 bridgehead atoms. The van der Waals surface area contributed by atoms with Crippen LogP contribution in [0.4, 0.5) is 0 Å². The number of carbonyl (C=O) groups is 1. The number of thioether (sulfide) groups is 1. The highest BCUT2D eigenvalue weighted by molar-refractivity contribution is 8.00. The standard InChI is InChI=1S/C18H15NO4S2/c1-11-3-5-13(6-4-11)17(21)23-16-8-22-14(7-15(16)20)10-25-18-19-12(2)9-24-18/h3-9H,10H2,1-2H3. The van der Waals surface area contributed by atoms with Gasteiger partial charge in [-0.15, -0.1) is 11.3 Å². The molecule has 2 heterocycles. The second-order valence-corrected chi connectivity index (χ2v) is 7.45. The van der Waals surface area contributed by atoms with Gasteiger partial charge in [-0.2, -0.15) is 0 Å². The molecule has 128 valence electrons. The smallest absolute Gasteiger partial charge is 0.343 e. The first kappa shape index (κ1) is 17.4. The average molecular weight is 373 g/mol. The van der Waals surface area contributed by atoms with E-state index in [9.17, 15) is 9.59 Å². The molecule has 5 nitrogen and oxygen atoms in total. The molecular weight excluding hydrogens is 358 g/mol. The van der Waals surface area contributed by atoms with Gasteiger partial charge in [-0.3, -0.25) is 4.79 Å². The maximum Gasteiger partial charge on any atom is 0.343 e. The highest BCUT2D eigenvalue weighted by Crippen LogP contribution is 2.26. The summed E-state index contributed by atoms with van der Waals surface area (Å²) in [6.07, 6.45) is 1.18. The van der Waals surface area contributed by atoms with Crippen molar-refractivity contribution >= 4 is 29.1 Å². The van der Waals surface area contributed by atoms with E-state index in [1.807, 2.05) is 19.2 Å². The van der Waals surface area contributed by atoms with Crippen molar-refractivity contribution in [2.24, 2.45) is 0 Å². The van der Waals surface area contributed by atoms with Gasteiger partial charge < -0.3 is 9.15 Å². The zero-order valence-corrected chi connectivity index (χ0v) is 15.3. The van der Waals surface area contributed by atoms with Gasteiger partial charge in [0, 0.05) is 17.1 Å². The number of carbonyl (C=O) groups excluding carboxylic acids is 1. The molecule has 0 unspecified atom stereocenters. The van der Waals surface area contributed by atoms with Gasteiger partial charge in [0.2, 0.25) is 11.2 Å². The van der Waals surface area contributed by atoms with Crippen molar-refractivity contribution in [2.75, 3.05) is 0 Å².